The van der Waals surface area contributed by atoms with Gasteiger partial charge in [0.2, 0.25) is 0 Å². The minimum atomic E-state index is -0.139. The molecule has 0 spiro atoms. The van der Waals surface area contributed by atoms with Gasteiger partial charge in [0.05, 0.1) is 0 Å². The highest BCUT2D eigenvalue weighted by atomic mass is 16.5. The molecule has 0 aromatic carbocycles. The largest absolute Gasteiger partial charge is 0.458 e. The van der Waals surface area contributed by atoms with E-state index < -0.39 is 0 Å². The van der Waals surface area contributed by atoms with Gasteiger partial charge in [-0.15, -0.1) is 0 Å². The first-order chi connectivity index (χ1) is 14.6. The number of hydrogen-bond acceptors (Lipinski definition) is 2. The first-order valence-corrected chi connectivity index (χ1v) is 13.5. The van der Waals surface area contributed by atoms with Gasteiger partial charge < -0.3 is 4.74 Å². The lowest BCUT2D eigenvalue weighted by atomic mass is 9.45. The smallest absolute Gasteiger partial charge is 0.303 e. The van der Waals surface area contributed by atoms with E-state index in [1.165, 1.54) is 57.8 Å². The highest BCUT2D eigenvalue weighted by Crippen LogP contribution is 2.67. The van der Waals surface area contributed by atoms with Crippen molar-refractivity contribution in [2.24, 2.45) is 52.3 Å². The molecule has 31 heavy (non-hydrogen) atoms. The summed E-state index contributed by atoms with van der Waals surface area (Å²) < 4.78 is 5.57. The van der Waals surface area contributed by atoms with Crippen LogP contribution in [0.25, 0.3) is 0 Å². The molecule has 4 aliphatic carbocycles. The Morgan fingerprint density at radius 2 is 1.81 bits per heavy atom. The Kier molecular flexibility index (Phi) is 6.68. The molecule has 0 N–H and O–H groups in total. The summed E-state index contributed by atoms with van der Waals surface area (Å²) in [6, 6.07) is 0. The van der Waals surface area contributed by atoms with Gasteiger partial charge in [0.25, 0.3) is 0 Å². The van der Waals surface area contributed by atoms with E-state index in [1.54, 1.807) is 6.92 Å². The van der Waals surface area contributed by atoms with E-state index in [1.807, 2.05) is 0 Å². The summed E-state index contributed by atoms with van der Waals surface area (Å²) in [5.41, 5.74) is 0.877. The molecule has 0 saturated heterocycles. The molecule has 3 saturated carbocycles. The van der Waals surface area contributed by atoms with E-state index >= 15 is 0 Å². The molecule has 9 unspecified atom stereocenters. The van der Waals surface area contributed by atoms with E-state index in [0.29, 0.717) is 16.7 Å². The summed E-state index contributed by atoms with van der Waals surface area (Å²) >= 11 is 0. The summed E-state index contributed by atoms with van der Waals surface area (Å²) in [5.74, 6) is 5.87. The molecule has 3 fully saturated rings. The second-order valence-corrected chi connectivity index (χ2v) is 12.8. The fourth-order valence-electron chi connectivity index (χ4n) is 9.10. The summed E-state index contributed by atoms with van der Waals surface area (Å²) in [4.78, 5) is 11.5. The first kappa shape index (κ1) is 23.4. The molecule has 2 nitrogen and oxygen atoms in total. The number of esters is 1. The van der Waals surface area contributed by atoms with Crippen LogP contribution in [0.2, 0.25) is 0 Å². The van der Waals surface area contributed by atoms with Crippen molar-refractivity contribution in [3.8, 4) is 0 Å². The van der Waals surface area contributed by atoms with Crippen LogP contribution >= 0.6 is 0 Å². The molecule has 4 rings (SSSR count). The minimum absolute atomic E-state index is 0.00327. The van der Waals surface area contributed by atoms with Gasteiger partial charge in [-0.05, 0) is 103 Å². The van der Waals surface area contributed by atoms with Gasteiger partial charge in [-0.25, -0.2) is 0 Å². The lowest BCUT2D eigenvalue weighted by molar-refractivity contribution is -0.147. The molecular formula is C29H48O2. The van der Waals surface area contributed by atoms with Gasteiger partial charge in [-0.1, -0.05) is 60.0 Å². The van der Waals surface area contributed by atoms with Gasteiger partial charge in [-0.2, -0.15) is 0 Å². The van der Waals surface area contributed by atoms with Gasteiger partial charge in [0.1, 0.15) is 6.10 Å². The van der Waals surface area contributed by atoms with Crippen LogP contribution in [0.4, 0.5) is 0 Å². The van der Waals surface area contributed by atoms with Gasteiger partial charge in [0.15, 0.2) is 0 Å². The van der Waals surface area contributed by atoms with Gasteiger partial charge in [-0.3, -0.25) is 4.79 Å². The first-order valence-electron chi connectivity index (χ1n) is 13.5. The Bertz CT molecular complexity index is 680. The number of fused-ring (bicyclic) bond motifs is 5. The maximum Gasteiger partial charge on any atom is 0.303 e. The summed E-state index contributed by atoms with van der Waals surface area (Å²) in [6.07, 6.45) is 18.5. The lowest BCUT2D eigenvalue weighted by Crippen LogP contribution is -2.53. The van der Waals surface area contributed by atoms with Crippen molar-refractivity contribution in [3.63, 3.8) is 0 Å². The van der Waals surface area contributed by atoms with Crippen LogP contribution in [0.15, 0.2) is 12.2 Å². The number of carbonyl (C=O) groups excluding carboxylic acids is 1. The topological polar surface area (TPSA) is 26.3 Å². The molecule has 4 aliphatic rings. The van der Waals surface area contributed by atoms with Gasteiger partial charge in [0, 0.05) is 6.92 Å². The van der Waals surface area contributed by atoms with Crippen molar-refractivity contribution in [2.45, 2.75) is 112 Å². The van der Waals surface area contributed by atoms with Crippen LogP contribution in [-0.4, -0.2) is 12.1 Å². The zero-order valence-corrected chi connectivity index (χ0v) is 21.2. The highest BCUT2D eigenvalue weighted by molar-refractivity contribution is 5.66. The second kappa shape index (κ2) is 8.86. The number of rotatable bonds is 6. The van der Waals surface area contributed by atoms with Crippen molar-refractivity contribution >= 4 is 5.97 Å². The molecular weight excluding hydrogens is 380 g/mol. The Hall–Kier alpha value is -0.790. The minimum Gasteiger partial charge on any atom is -0.458 e. The fraction of sp³-hybridized carbons (Fsp3) is 0.897. The van der Waals surface area contributed by atoms with Crippen LogP contribution in [0, 0.1) is 52.3 Å². The average molecular weight is 429 g/mol. The van der Waals surface area contributed by atoms with E-state index in [9.17, 15) is 4.79 Å². The molecule has 2 heteroatoms. The Balaban J connectivity index is 1.46. The summed E-state index contributed by atoms with van der Waals surface area (Å²) in [6.45, 7) is 14.1. The van der Waals surface area contributed by atoms with Crippen LogP contribution in [0.3, 0.4) is 0 Å². The van der Waals surface area contributed by atoms with E-state index in [4.69, 9.17) is 4.74 Å². The molecule has 0 aromatic heterocycles. The normalized spacial score (nSPS) is 45.0. The third-order valence-electron chi connectivity index (χ3n) is 10.7. The average Bonchev–Trinajstić information content (AvgIpc) is 3.05. The van der Waals surface area contributed by atoms with E-state index in [2.05, 4.69) is 46.8 Å². The third-order valence-corrected chi connectivity index (χ3v) is 10.7. The lowest BCUT2D eigenvalue weighted by Gasteiger charge is -2.59. The van der Waals surface area contributed by atoms with Crippen LogP contribution in [0.1, 0.15) is 106 Å². The Morgan fingerprint density at radius 1 is 1.03 bits per heavy atom. The Morgan fingerprint density at radius 3 is 2.52 bits per heavy atom. The van der Waals surface area contributed by atoms with Crippen LogP contribution in [0.5, 0.6) is 0 Å². The number of allylic oxidation sites excluding steroid dienone is 1. The summed E-state index contributed by atoms with van der Waals surface area (Å²) in [5, 5.41) is 0. The van der Waals surface area contributed by atoms with Crippen molar-refractivity contribution in [1.82, 2.24) is 0 Å². The maximum absolute atomic E-state index is 11.5. The SMILES string of the molecule is CC(=O)OC1C=CC2(C)C(CCC3C2CCC2(C)C(C(C)CCCC(C)C)CCC32)C1. The Labute approximate surface area is 192 Å². The molecule has 0 aliphatic heterocycles. The monoisotopic (exact) mass is 428 g/mol. The molecule has 0 heterocycles. The predicted octanol–water partition coefficient (Wildman–Crippen LogP) is 7.82. The predicted molar refractivity (Wildman–Crippen MR) is 129 cm³/mol. The standard InChI is InChI=1S/C29H48O2/c1-19(2)8-7-9-20(3)25-12-13-26-24-11-10-22-18-23(31-21(4)30)14-16-28(22,5)27(24)15-17-29(25,26)6/h14,16,19-20,22-27H,7-13,15,17-18H2,1-6H3. The fourth-order valence-corrected chi connectivity index (χ4v) is 9.10. The van der Waals surface area contributed by atoms with Gasteiger partial charge >= 0.3 is 5.97 Å². The summed E-state index contributed by atoms with van der Waals surface area (Å²) in [7, 11) is 0. The third kappa shape index (κ3) is 4.26. The molecule has 0 bridgehead atoms. The number of carbonyl (C=O) groups is 1. The zero-order valence-electron chi connectivity index (χ0n) is 21.2. The maximum atomic E-state index is 11.5. The molecule has 0 amide bonds. The van der Waals surface area contributed by atoms with Crippen molar-refractivity contribution in [3.05, 3.63) is 12.2 Å². The molecule has 9 atom stereocenters. The number of ether oxygens (including phenoxy) is 1. The second-order valence-electron chi connectivity index (χ2n) is 12.8. The number of hydrogen-bond donors (Lipinski definition) is 0. The molecule has 176 valence electrons. The zero-order chi connectivity index (χ0) is 22.4. The van der Waals surface area contributed by atoms with E-state index in [0.717, 1.165) is 41.9 Å². The molecule has 0 aromatic rings. The van der Waals surface area contributed by atoms with Crippen molar-refractivity contribution in [1.29, 1.82) is 0 Å². The van der Waals surface area contributed by atoms with Crippen molar-refractivity contribution in [2.75, 3.05) is 0 Å². The van der Waals surface area contributed by atoms with Crippen molar-refractivity contribution < 1.29 is 9.53 Å². The molecule has 0 radical (unpaired) electrons. The van der Waals surface area contributed by atoms with Crippen LogP contribution < -0.4 is 0 Å². The quantitative estimate of drug-likeness (QED) is 0.318. The highest BCUT2D eigenvalue weighted by Gasteiger charge is 2.60. The van der Waals surface area contributed by atoms with E-state index in [-0.39, 0.29) is 12.1 Å². The van der Waals surface area contributed by atoms with Crippen LogP contribution in [-0.2, 0) is 9.53 Å².